The summed E-state index contributed by atoms with van der Waals surface area (Å²) < 4.78 is 0. The number of hydrogen-bond donors (Lipinski definition) is 2. The lowest BCUT2D eigenvalue weighted by molar-refractivity contribution is -0.134. The first-order valence-electron chi connectivity index (χ1n) is 5.94. The molecule has 94 valence electrons. The number of benzene rings is 1. The number of hydrogen-bond acceptors (Lipinski definition) is 2. The Kier molecular flexibility index (Phi) is 3.77. The Bertz CT molecular complexity index is 475. The molecule has 1 aromatic rings. The second-order valence-corrected chi connectivity index (χ2v) is 4.43. The molecule has 0 heterocycles. The van der Waals surface area contributed by atoms with E-state index in [0.29, 0.717) is 5.92 Å². The molecule has 18 heavy (non-hydrogen) atoms. The molecule has 0 radical (unpaired) electrons. The second-order valence-electron chi connectivity index (χ2n) is 4.43. The maximum Gasteiger partial charge on any atom is 0.352 e. The Morgan fingerprint density at radius 3 is 2.50 bits per heavy atom. The molecule has 1 aromatic carbocycles. The zero-order valence-electron chi connectivity index (χ0n) is 9.93. The fourth-order valence-corrected chi connectivity index (χ4v) is 1.64. The van der Waals surface area contributed by atoms with E-state index >= 15 is 0 Å². The van der Waals surface area contributed by atoms with Gasteiger partial charge in [0.1, 0.15) is 5.70 Å². The van der Waals surface area contributed by atoms with Gasteiger partial charge in [-0.3, -0.25) is 4.79 Å². The number of carbonyl (C=O) groups excluding carboxylic acids is 1. The quantitative estimate of drug-likeness (QED) is 0.776. The van der Waals surface area contributed by atoms with Crippen LogP contribution in [0.3, 0.4) is 0 Å². The lowest BCUT2D eigenvalue weighted by Gasteiger charge is -2.06. The third-order valence-corrected chi connectivity index (χ3v) is 2.74. The highest BCUT2D eigenvalue weighted by atomic mass is 16.4. The average Bonchev–Trinajstić information content (AvgIpc) is 3.13. The van der Waals surface area contributed by atoms with E-state index in [1.54, 1.807) is 6.08 Å². The molecule has 4 nitrogen and oxygen atoms in total. The van der Waals surface area contributed by atoms with E-state index in [1.165, 1.54) is 0 Å². The van der Waals surface area contributed by atoms with Crippen LogP contribution in [0.15, 0.2) is 42.1 Å². The van der Waals surface area contributed by atoms with Gasteiger partial charge in [-0.1, -0.05) is 36.4 Å². The largest absolute Gasteiger partial charge is 0.477 e. The maximum absolute atomic E-state index is 11.7. The van der Waals surface area contributed by atoms with E-state index in [0.717, 1.165) is 18.4 Å². The summed E-state index contributed by atoms with van der Waals surface area (Å²) in [4.78, 5) is 22.7. The minimum absolute atomic E-state index is 0.00145. The minimum atomic E-state index is -1.08. The summed E-state index contributed by atoms with van der Waals surface area (Å²) in [5, 5.41) is 11.4. The zero-order valence-corrected chi connectivity index (χ0v) is 9.93. The summed E-state index contributed by atoms with van der Waals surface area (Å²) in [5.41, 5.74) is 0.865. The first-order valence-corrected chi connectivity index (χ1v) is 5.94. The molecule has 0 aliphatic heterocycles. The van der Waals surface area contributed by atoms with E-state index < -0.39 is 5.97 Å². The van der Waals surface area contributed by atoms with Crippen molar-refractivity contribution in [3.05, 3.63) is 47.7 Å². The van der Waals surface area contributed by atoms with Gasteiger partial charge in [0, 0.05) is 0 Å². The van der Waals surface area contributed by atoms with Crippen LogP contribution in [0.2, 0.25) is 0 Å². The van der Waals surface area contributed by atoms with Crippen molar-refractivity contribution in [3.63, 3.8) is 0 Å². The molecular weight excluding hydrogens is 230 g/mol. The van der Waals surface area contributed by atoms with Gasteiger partial charge in [0.05, 0.1) is 6.42 Å². The fraction of sp³-hybridized carbons (Fsp3) is 0.286. The third kappa shape index (κ3) is 3.73. The Morgan fingerprint density at radius 2 is 1.94 bits per heavy atom. The van der Waals surface area contributed by atoms with Crippen molar-refractivity contribution in [3.8, 4) is 0 Å². The number of rotatable bonds is 5. The van der Waals surface area contributed by atoms with Gasteiger partial charge >= 0.3 is 5.97 Å². The first-order chi connectivity index (χ1) is 8.65. The highest BCUT2D eigenvalue weighted by Gasteiger charge is 2.22. The summed E-state index contributed by atoms with van der Waals surface area (Å²) in [6.45, 7) is 0. The van der Waals surface area contributed by atoms with Gasteiger partial charge in [-0.25, -0.2) is 4.79 Å². The maximum atomic E-state index is 11.7. The van der Waals surface area contributed by atoms with E-state index in [-0.39, 0.29) is 18.0 Å². The molecule has 0 unspecified atom stereocenters. The van der Waals surface area contributed by atoms with E-state index in [4.69, 9.17) is 5.11 Å². The Labute approximate surface area is 105 Å². The smallest absolute Gasteiger partial charge is 0.352 e. The molecule has 0 aromatic heterocycles. The Balaban J connectivity index is 1.95. The molecule has 0 bridgehead atoms. The van der Waals surface area contributed by atoms with Crippen molar-refractivity contribution in [1.82, 2.24) is 5.32 Å². The number of carbonyl (C=O) groups is 2. The second kappa shape index (κ2) is 5.49. The Morgan fingerprint density at radius 1 is 1.28 bits per heavy atom. The van der Waals surface area contributed by atoms with Gasteiger partial charge in [-0.15, -0.1) is 0 Å². The lowest BCUT2D eigenvalue weighted by atomic mass is 10.1. The van der Waals surface area contributed by atoms with Crippen molar-refractivity contribution in [2.45, 2.75) is 19.3 Å². The zero-order chi connectivity index (χ0) is 13.0. The number of allylic oxidation sites excluding steroid dienone is 1. The predicted octanol–water partition coefficient (Wildman–Crippen LogP) is 1.72. The normalized spacial score (nSPS) is 15.2. The molecule has 0 spiro atoms. The lowest BCUT2D eigenvalue weighted by Crippen LogP contribution is -2.28. The summed E-state index contributed by atoms with van der Waals surface area (Å²) in [6.07, 6.45) is 3.83. The SMILES string of the molecule is O=C(Cc1ccccc1)NC(=CC1CC1)C(=O)O. The van der Waals surface area contributed by atoms with Crippen molar-refractivity contribution in [2.24, 2.45) is 5.92 Å². The number of nitrogens with one attached hydrogen (secondary N) is 1. The monoisotopic (exact) mass is 245 g/mol. The van der Waals surface area contributed by atoms with Crippen molar-refractivity contribution >= 4 is 11.9 Å². The van der Waals surface area contributed by atoms with Crippen LogP contribution in [0.4, 0.5) is 0 Å². The summed E-state index contributed by atoms with van der Waals surface area (Å²) in [7, 11) is 0. The summed E-state index contributed by atoms with van der Waals surface area (Å²) in [6, 6.07) is 9.24. The van der Waals surface area contributed by atoms with E-state index in [9.17, 15) is 9.59 Å². The minimum Gasteiger partial charge on any atom is -0.477 e. The highest BCUT2D eigenvalue weighted by Crippen LogP contribution is 2.30. The van der Waals surface area contributed by atoms with Gasteiger partial charge < -0.3 is 10.4 Å². The number of carboxylic acids is 1. The molecule has 1 saturated carbocycles. The fourth-order valence-electron chi connectivity index (χ4n) is 1.64. The van der Waals surface area contributed by atoms with Crippen LogP contribution in [-0.4, -0.2) is 17.0 Å². The number of aliphatic carboxylic acids is 1. The van der Waals surface area contributed by atoms with Crippen molar-refractivity contribution in [1.29, 1.82) is 0 Å². The number of carboxylic acid groups (broad SMARTS) is 1. The Hall–Kier alpha value is -2.10. The molecule has 1 amide bonds. The third-order valence-electron chi connectivity index (χ3n) is 2.74. The number of amides is 1. The van der Waals surface area contributed by atoms with Crippen LogP contribution >= 0.6 is 0 Å². The van der Waals surface area contributed by atoms with Crippen LogP contribution in [0.5, 0.6) is 0 Å². The topological polar surface area (TPSA) is 66.4 Å². The van der Waals surface area contributed by atoms with E-state index in [2.05, 4.69) is 5.32 Å². The molecular formula is C14H15NO3. The molecule has 1 fully saturated rings. The molecule has 2 N–H and O–H groups in total. The van der Waals surface area contributed by atoms with Crippen LogP contribution in [0.1, 0.15) is 18.4 Å². The van der Waals surface area contributed by atoms with Crippen LogP contribution in [0, 0.1) is 5.92 Å². The molecule has 1 aliphatic carbocycles. The van der Waals surface area contributed by atoms with Crippen molar-refractivity contribution in [2.75, 3.05) is 0 Å². The molecule has 1 aliphatic rings. The average molecular weight is 245 g/mol. The van der Waals surface area contributed by atoms with Gasteiger partial charge in [-0.05, 0) is 24.3 Å². The molecule has 2 rings (SSSR count). The summed E-state index contributed by atoms with van der Waals surface area (Å²) in [5.74, 6) is -1.06. The van der Waals surface area contributed by atoms with Gasteiger partial charge in [0.25, 0.3) is 0 Å². The summed E-state index contributed by atoms with van der Waals surface area (Å²) >= 11 is 0. The van der Waals surface area contributed by atoms with Crippen LogP contribution in [-0.2, 0) is 16.0 Å². The van der Waals surface area contributed by atoms with Crippen LogP contribution in [0.25, 0.3) is 0 Å². The van der Waals surface area contributed by atoms with Gasteiger partial charge in [-0.2, -0.15) is 0 Å². The van der Waals surface area contributed by atoms with Crippen LogP contribution < -0.4 is 5.32 Å². The predicted molar refractivity (Wildman–Crippen MR) is 66.7 cm³/mol. The van der Waals surface area contributed by atoms with Crippen molar-refractivity contribution < 1.29 is 14.7 Å². The highest BCUT2D eigenvalue weighted by molar-refractivity contribution is 5.93. The van der Waals surface area contributed by atoms with E-state index in [1.807, 2.05) is 30.3 Å². The molecule has 4 heteroatoms. The first kappa shape index (κ1) is 12.4. The van der Waals surface area contributed by atoms with Gasteiger partial charge in [0.15, 0.2) is 0 Å². The molecule has 0 atom stereocenters. The van der Waals surface area contributed by atoms with Gasteiger partial charge in [0.2, 0.25) is 5.91 Å². The standard InChI is InChI=1S/C14H15NO3/c16-13(9-10-4-2-1-3-5-10)15-12(14(17)18)8-11-6-7-11/h1-5,8,11H,6-7,9H2,(H,15,16)(H,17,18). The molecule has 0 saturated heterocycles.